The molecule has 4 N–H and O–H groups in total. The van der Waals surface area contributed by atoms with Gasteiger partial charge in [-0.3, -0.25) is 14.4 Å². The Morgan fingerprint density at radius 3 is 2.29 bits per heavy atom. The molecule has 0 radical (unpaired) electrons. The summed E-state index contributed by atoms with van der Waals surface area (Å²) < 4.78 is 31.2. The quantitative estimate of drug-likeness (QED) is 0.175. The molecule has 0 bridgehead atoms. The van der Waals surface area contributed by atoms with Crippen LogP contribution in [-0.4, -0.2) is 88.1 Å². The number of anilines is 1. The van der Waals surface area contributed by atoms with E-state index in [-0.39, 0.29) is 43.1 Å². The number of ether oxygens (including phenoxy) is 1. The molecular formula is C35H51N5O7S. The lowest BCUT2D eigenvalue weighted by Crippen LogP contribution is -2.46. The van der Waals surface area contributed by atoms with Crippen molar-refractivity contribution in [3.05, 3.63) is 64.3 Å². The molecule has 2 aliphatic heterocycles. The highest BCUT2D eigenvalue weighted by Gasteiger charge is 2.46. The Balaban J connectivity index is 1.72. The second kappa shape index (κ2) is 17.5. The molecule has 12 nitrogen and oxygen atoms in total. The van der Waals surface area contributed by atoms with E-state index in [0.29, 0.717) is 18.5 Å². The summed E-state index contributed by atoms with van der Waals surface area (Å²) in [4.78, 5) is 56.2. The Morgan fingerprint density at radius 2 is 1.69 bits per heavy atom. The van der Waals surface area contributed by atoms with Crippen LogP contribution in [0.3, 0.4) is 0 Å². The molecule has 0 unspecified atom stereocenters. The summed E-state index contributed by atoms with van der Waals surface area (Å²) in [5.74, 6) is -2.04. The van der Waals surface area contributed by atoms with Gasteiger partial charge in [-0.2, -0.15) is 0 Å². The topological polar surface area (TPSA) is 168 Å². The van der Waals surface area contributed by atoms with E-state index in [1.54, 1.807) is 0 Å². The molecule has 2 aliphatic rings. The minimum atomic E-state index is -3.57. The number of benzene rings is 1. The zero-order valence-corrected chi connectivity index (χ0v) is 29.8. The van der Waals surface area contributed by atoms with E-state index < -0.39 is 45.9 Å². The average molecular weight is 686 g/mol. The molecular weight excluding hydrogens is 634 g/mol. The van der Waals surface area contributed by atoms with Crippen LogP contribution in [0.1, 0.15) is 93.4 Å². The molecule has 3 rings (SSSR count). The maximum atomic E-state index is 13.8. The Hall–Kier alpha value is -3.81. The summed E-state index contributed by atoms with van der Waals surface area (Å²) in [7, 11) is -2.31. The number of carbonyl (C=O) groups is 4. The molecule has 3 amide bonds. The molecule has 0 saturated carbocycles. The number of nitrogens with one attached hydrogen (secondary N) is 2. The summed E-state index contributed by atoms with van der Waals surface area (Å²) in [6.07, 6.45) is 12.5. The Morgan fingerprint density at radius 1 is 1.04 bits per heavy atom. The summed E-state index contributed by atoms with van der Waals surface area (Å²) in [5, 5.41) is 2.75. The van der Waals surface area contributed by atoms with Crippen LogP contribution in [0.25, 0.3) is 0 Å². The van der Waals surface area contributed by atoms with Crippen molar-refractivity contribution in [3.63, 3.8) is 0 Å². The first-order valence-electron chi connectivity index (χ1n) is 16.4. The molecule has 264 valence electrons. The van der Waals surface area contributed by atoms with Gasteiger partial charge in [0.05, 0.1) is 24.6 Å². The van der Waals surface area contributed by atoms with Gasteiger partial charge in [-0.25, -0.2) is 17.9 Å². The highest BCUT2D eigenvalue weighted by atomic mass is 32.2. The zero-order chi connectivity index (χ0) is 35.6. The number of nitrogens with zero attached hydrogens (tertiary/aromatic N) is 2. The largest absolute Gasteiger partial charge is 0.467 e. The van der Waals surface area contributed by atoms with Gasteiger partial charge in [0, 0.05) is 31.2 Å². The predicted octanol–water partition coefficient (Wildman–Crippen LogP) is 3.60. The van der Waals surface area contributed by atoms with Gasteiger partial charge in [-0.05, 0) is 90.8 Å². The SMILES string of the molecule is COC(=O)[C@@H](CC/C=C(\C)CC/C=C(\C)CCC=C(C)C)NC(=O)c1ccc2c(c1)C(=O)N1C[C@@H](NS(C)(=O)=O)C[C@H]1C(=O)N2CCN. The second-order valence-corrected chi connectivity index (χ2v) is 14.7. The van der Waals surface area contributed by atoms with Crippen molar-refractivity contribution in [3.8, 4) is 0 Å². The van der Waals surface area contributed by atoms with Crippen LogP contribution in [0.5, 0.6) is 0 Å². The van der Waals surface area contributed by atoms with Crippen molar-refractivity contribution >= 4 is 39.4 Å². The van der Waals surface area contributed by atoms with Crippen molar-refractivity contribution in [1.82, 2.24) is 14.9 Å². The zero-order valence-electron chi connectivity index (χ0n) is 29.0. The first kappa shape index (κ1) is 38.6. The number of rotatable bonds is 16. The number of sulfonamides is 1. The first-order chi connectivity index (χ1) is 22.6. The van der Waals surface area contributed by atoms with Crippen LogP contribution < -0.4 is 20.7 Å². The monoisotopic (exact) mass is 685 g/mol. The van der Waals surface area contributed by atoms with Crippen LogP contribution in [0.2, 0.25) is 0 Å². The minimum Gasteiger partial charge on any atom is -0.467 e. The van der Waals surface area contributed by atoms with Crippen LogP contribution >= 0.6 is 0 Å². The number of methoxy groups -OCH3 is 1. The van der Waals surface area contributed by atoms with Crippen molar-refractivity contribution in [1.29, 1.82) is 0 Å². The third-order valence-corrected chi connectivity index (χ3v) is 9.25. The smallest absolute Gasteiger partial charge is 0.328 e. The van der Waals surface area contributed by atoms with E-state index in [1.807, 2.05) is 6.92 Å². The highest BCUT2D eigenvalue weighted by molar-refractivity contribution is 7.88. The van der Waals surface area contributed by atoms with Crippen molar-refractivity contribution in [2.75, 3.05) is 37.9 Å². The summed E-state index contributed by atoms with van der Waals surface area (Å²) in [6.45, 7) is 8.65. The van der Waals surface area contributed by atoms with Gasteiger partial charge >= 0.3 is 5.97 Å². The van der Waals surface area contributed by atoms with E-state index in [2.05, 4.69) is 49.0 Å². The lowest BCUT2D eigenvalue weighted by Gasteiger charge is -2.25. The van der Waals surface area contributed by atoms with Gasteiger partial charge in [0.1, 0.15) is 12.1 Å². The van der Waals surface area contributed by atoms with E-state index in [1.165, 1.54) is 51.8 Å². The van der Waals surface area contributed by atoms with Gasteiger partial charge in [0.2, 0.25) is 15.9 Å². The van der Waals surface area contributed by atoms with E-state index in [9.17, 15) is 27.6 Å². The Kier molecular flexibility index (Phi) is 14.1. The van der Waals surface area contributed by atoms with Gasteiger partial charge in [-0.1, -0.05) is 34.9 Å². The molecule has 48 heavy (non-hydrogen) atoms. The number of fused-ring (bicyclic) bond motifs is 2. The number of carbonyl (C=O) groups excluding carboxylic acids is 4. The fourth-order valence-electron chi connectivity index (χ4n) is 6.05. The third kappa shape index (κ3) is 10.9. The van der Waals surface area contributed by atoms with Crippen LogP contribution in [0.4, 0.5) is 5.69 Å². The maximum absolute atomic E-state index is 13.8. The fraction of sp³-hybridized carbons (Fsp3) is 0.543. The van der Waals surface area contributed by atoms with Crippen molar-refractivity contribution in [2.24, 2.45) is 5.73 Å². The standard InChI is InChI=1S/C35H51N5O7S/c1-23(2)10-7-11-24(3)12-8-13-25(4)14-9-15-29(35(44)47-5)37-32(41)26-16-17-30-28(20-26)33(42)40-22-27(38-48(6,45)46)21-31(40)34(43)39(30)19-18-36/h10,12,14,16-17,20,27,29,31,38H,7-9,11,13,15,18-19,21-22,36H2,1-6H3,(H,37,41)/b24-12+,25-14+/t27-,29+,31-/m0/s1. The van der Waals surface area contributed by atoms with Crippen LogP contribution in [0, 0.1) is 0 Å². The molecule has 0 spiro atoms. The molecule has 0 aliphatic carbocycles. The van der Waals surface area contributed by atoms with Gasteiger partial charge in [0.15, 0.2) is 0 Å². The number of hydrogen-bond donors (Lipinski definition) is 3. The first-order valence-corrected chi connectivity index (χ1v) is 18.3. The summed E-state index contributed by atoms with van der Waals surface area (Å²) >= 11 is 0. The lowest BCUT2D eigenvalue weighted by atomic mass is 10.0. The number of allylic oxidation sites excluding steroid dienone is 6. The fourth-order valence-corrected chi connectivity index (χ4v) is 6.82. The predicted molar refractivity (Wildman–Crippen MR) is 187 cm³/mol. The molecule has 13 heteroatoms. The number of nitrogens with two attached hydrogens (primary N) is 1. The van der Waals surface area contributed by atoms with Crippen LogP contribution in [0.15, 0.2) is 53.1 Å². The van der Waals surface area contributed by atoms with Gasteiger partial charge in [-0.15, -0.1) is 0 Å². The van der Waals surface area contributed by atoms with E-state index in [4.69, 9.17) is 10.5 Å². The molecule has 3 atom stereocenters. The molecule has 1 saturated heterocycles. The van der Waals surface area contributed by atoms with Gasteiger partial charge in [0.25, 0.3) is 11.8 Å². The van der Waals surface area contributed by atoms with Gasteiger partial charge < -0.3 is 25.6 Å². The number of esters is 1. The minimum absolute atomic E-state index is 0.00183. The molecule has 0 aromatic heterocycles. The van der Waals surface area contributed by atoms with Crippen LogP contribution in [-0.2, 0) is 24.3 Å². The maximum Gasteiger partial charge on any atom is 0.328 e. The molecule has 1 fully saturated rings. The van der Waals surface area contributed by atoms with E-state index >= 15 is 0 Å². The van der Waals surface area contributed by atoms with E-state index in [0.717, 1.165) is 31.9 Å². The number of amides is 3. The number of hydrogen-bond acceptors (Lipinski definition) is 8. The second-order valence-electron chi connectivity index (χ2n) is 12.9. The Labute approximate surface area is 284 Å². The average Bonchev–Trinajstić information content (AvgIpc) is 3.41. The Bertz CT molecular complexity index is 1560. The summed E-state index contributed by atoms with van der Waals surface area (Å²) in [5.41, 5.74) is 10.2. The normalized spacial score (nSPS) is 19.0. The third-order valence-electron chi connectivity index (χ3n) is 8.49. The highest BCUT2D eigenvalue weighted by Crippen LogP contribution is 2.33. The van der Waals surface area contributed by atoms with Crippen molar-refractivity contribution < 1.29 is 32.3 Å². The molecule has 2 heterocycles. The summed E-state index contributed by atoms with van der Waals surface area (Å²) in [6, 6.07) is 1.98. The molecule has 1 aromatic carbocycles. The van der Waals surface area contributed by atoms with Crippen molar-refractivity contribution in [2.45, 2.75) is 90.8 Å². The molecule has 1 aromatic rings. The lowest BCUT2D eigenvalue weighted by molar-refractivity contribution is -0.143.